The van der Waals surface area contributed by atoms with E-state index in [0.29, 0.717) is 0 Å². The molecule has 0 bridgehead atoms. The van der Waals surface area contributed by atoms with Gasteiger partial charge in [-0.1, -0.05) is 18.2 Å². The Morgan fingerprint density at radius 2 is 1.88 bits per heavy atom. The molecule has 1 unspecified atom stereocenters. The molecule has 2 aliphatic carbocycles. The molecule has 3 rings (SSSR count). The van der Waals surface area contributed by atoms with Gasteiger partial charge in [0, 0.05) is 13.0 Å². The van der Waals surface area contributed by atoms with E-state index < -0.39 is 11.3 Å². The maximum absolute atomic E-state index is 13.4. The third-order valence-electron chi connectivity index (χ3n) is 4.10. The van der Waals surface area contributed by atoms with Crippen molar-refractivity contribution >= 4 is 0 Å². The van der Waals surface area contributed by atoms with Gasteiger partial charge in [-0.2, -0.15) is 0 Å². The molecule has 1 atom stereocenters. The molecular formula is C13H15F2N. The molecule has 1 aromatic rings. The molecule has 1 aromatic carbocycles. The zero-order chi connectivity index (χ0) is 11.4. The van der Waals surface area contributed by atoms with Crippen LogP contribution in [0.15, 0.2) is 18.2 Å². The highest BCUT2D eigenvalue weighted by atomic mass is 19.3. The van der Waals surface area contributed by atoms with Gasteiger partial charge >= 0.3 is 0 Å². The molecule has 3 heteroatoms. The fraction of sp³-hybridized carbons (Fsp3) is 0.538. The summed E-state index contributed by atoms with van der Waals surface area (Å²) in [4.78, 5) is 0. The van der Waals surface area contributed by atoms with Crippen LogP contribution in [0.25, 0.3) is 0 Å². The van der Waals surface area contributed by atoms with Gasteiger partial charge < -0.3 is 5.73 Å². The van der Waals surface area contributed by atoms with Crippen LogP contribution in [0.3, 0.4) is 0 Å². The van der Waals surface area contributed by atoms with Crippen LogP contribution in [0.4, 0.5) is 8.78 Å². The minimum absolute atomic E-state index is 0.0405. The van der Waals surface area contributed by atoms with Crippen LogP contribution in [-0.2, 0) is 18.3 Å². The smallest absolute Gasteiger partial charge is 0.260 e. The number of aryl methyl sites for hydroxylation is 2. The number of halogens is 2. The molecule has 2 N–H and O–H groups in total. The van der Waals surface area contributed by atoms with Crippen molar-refractivity contribution in [2.24, 2.45) is 5.73 Å². The van der Waals surface area contributed by atoms with Crippen LogP contribution in [0.5, 0.6) is 0 Å². The largest absolute Gasteiger partial charge is 0.329 e. The number of alkyl halides is 2. The summed E-state index contributed by atoms with van der Waals surface area (Å²) >= 11 is 0. The van der Waals surface area contributed by atoms with Crippen molar-refractivity contribution in [1.29, 1.82) is 0 Å². The van der Waals surface area contributed by atoms with E-state index in [9.17, 15) is 8.78 Å². The summed E-state index contributed by atoms with van der Waals surface area (Å²) in [5, 5.41) is 0. The van der Waals surface area contributed by atoms with E-state index >= 15 is 0 Å². The monoisotopic (exact) mass is 223 g/mol. The van der Waals surface area contributed by atoms with Crippen molar-refractivity contribution in [1.82, 2.24) is 0 Å². The zero-order valence-electron chi connectivity index (χ0n) is 9.10. The van der Waals surface area contributed by atoms with E-state index in [0.717, 1.165) is 24.8 Å². The topological polar surface area (TPSA) is 26.0 Å². The number of nitrogens with two attached hydrogens (primary N) is 1. The van der Waals surface area contributed by atoms with Gasteiger partial charge in [0.15, 0.2) is 0 Å². The standard InChI is InChI=1S/C13H15F2N/c14-13(15)7-12(13,8-16)11-5-4-9-2-1-3-10(9)6-11/h4-6H,1-3,7-8,16H2. The summed E-state index contributed by atoms with van der Waals surface area (Å²) in [5.74, 6) is -2.60. The fourth-order valence-corrected chi connectivity index (χ4v) is 2.86. The second kappa shape index (κ2) is 3.04. The highest BCUT2D eigenvalue weighted by molar-refractivity contribution is 5.44. The van der Waals surface area contributed by atoms with Crippen LogP contribution >= 0.6 is 0 Å². The van der Waals surface area contributed by atoms with Crippen molar-refractivity contribution in [2.75, 3.05) is 6.54 Å². The summed E-state index contributed by atoms with van der Waals surface area (Å²) in [6, 6.07) is 5.80. The summed E-state index contributed by atoms with van der Waals surface area (Å²) < 4.78 is 26.8. The highest BCUT2D eigenvalue weighted by Crippen LogP contribution is 2.61. The van der Waals surface area contributed by atoms with Crippen LogP contribution in [0.2, 0.25) is 0 Å². The Morgan fingerprint density at radius 1 is 1.19 bits per heavy atom. The first kappa shape index (κ1) is 10.2. The number of hydrogen-bond acceptors (Lipinski definition) is 1. The molecule has 0 aliphatic heterocycles. The van der Waals surface area contributed by atoms with E-state index in [-0.39, 0.29) is 13.0 Å². The molecule has 0 radical (unpaired) electrons. The predicted molar refractivity (Wildman–Crippen MR) is 58.8 cm³/mol. The van der Waals surface area contributed by atoms with Crippen LogP contribution in [0, 0.1) is 0 Å². The Morgan fingerprint density at radius 3 is 2.50 bits per heavy atom. The summed E-state index contributed by atoms with van der Waals surface area (Å²) in [5.41, 5.74) is 7.78. The first-order valence-corrected chi connectivity index (χ1v) is 5.79. The van der Waals surface area contributed by atoms with Crippen LogP contribution in [0.1, 0.15) is 29.5 Å². The lowest BCUT2D eigenvalue weighted by Gasteiger charge is -2.15. The Balaban J connectivity index is 2.02. The van der Waals surface area contributed by atoms with E-state index in [1.54, 1.807) is 0 Å². The van der Waals surface area contributed by atoms with Gasteiger partial charge in [0.05, 0.1) is 5.41 Å². The quantitative estimate of drug-likeness (QED) is 0.818. The van der Waals surface area contributed by atoms with Gasteiger partial charge in [-0.3, -0.25) is 0 Å². The van der Waals surface area contributed by atoms with Crippen molar-refractivity contribution < 1.29 is 8.78 Å². The van der Waals surface area contributed by atoms with E-state index in [4.69, 9.17) is 5.73 Å². The lowest BCUT2D eigenvalue weighted by molar-refractivity contribution is 0.0896. The van der Waals surface area contributed by atoms with Crippen molar-refractivity contribution in [3.63, 3.8) is 0 Å². The number of rotatable bonds is 2. The van der Waals surface area contributed by atoms with Gasteiger partial charge in [0.1, 0.15) is 0 Å². The number of benzene rings is 1. The first-order chi connectivity index (χ1) is 7.59. The van der Waals surface area contributed by atoms with Gasteiger partial charge in [-0.05, 0) is 36.0 Å². The molecule has 0 aromatic heterocycles. The SMILES string of the molecule is NCC1(c2ccc3c(c2)CCC3)CC1(F)F. The third-order valence-corrected chi connectivity index (χ3v) is 4.10. The zero-order valence-corrected chi connectivity index (χ0v) is 9.10. The number of hydrogen-bond donors (Lipinski definition) is 1. The molecule has 0 amide bonds. The second-order valence-corrected chi connectivity index (χ2v) is 5.00. The third kappa shape index (κ3) is 1.18. The van der Waals surface area contributed by atoms with E-state index in [1.165, 1.54) is 11.1 Å². The lowest BCUT2D eigenvalue weighted by atomic mass is 9.92. The predicted octanol–water partition coefficient (Wildman–Crippen LogP) is 2.41. The molecule has 2 aliphatic rings. The molecule has 0 saturated heterocycles. The van der Waals surface area contributed by atoms with Gasteiger partial charge in [-0.15, -0.1) is 0 Å². The fourth-order valence-electron chi connectivity index (χ4n) is 2.86. The van der Waals surface area contributed by atoms with E-state index in [1.807, 2.05) is 18.2 Å². The second-order valence-electron chi connectivity index (χ2n) is 5.00. The molecule has 0 heterocycles. The molecule has 86 valence electrons. The van der Waals surface area contributed by atoms with Gasteiger partial charge in [0.2, 0.25) is 0 Å². The highest BCUT2D eigenvalue weighted by Gasteiger charge is 2.71. The van der Waals surface area contributed by atoms with Crippen molar-refractivity contribution in [3.05, 3.63) is 34.9 Å². The molecule has 16 heavy (non-hydrogen) atoms. The average Bonchev–Trinajstić information content (AvgIpc) is 2.63. The first-order valence-electron chi connectivity index (χ1n) is 5.79. The minimum Gasteiger partial charge on any atom is -0.329 e. The summed E-state index contributed by atoms with van der Waals surface area (Å²) in [6.45, 7) is 0.0405. The van der Waals surface area contributed by atoms with Crippen molar-refractivity contribution in [2.45, 2.75) is 37.0 Å². The number of fused-ring (bicyclic) bond motifs is 1. The Bertz CT molecular complexity index is 442. The minimum atomic E-state index is -2.60. The Hall–Kier alpha value is -0.960. The maximum atomic E-state index is 13.4. The summed E-state index contributed by atoms with van der Waals surface area (Å²) in [7, 11) is 0. The molecule has 1 fully saturated rings. The average molecular weight is 223 g/mol. The molecule has 1 nitrogen and oxygen atoms in total. The van der Waals surface area contributed by atoms with Gasteiger partial charge in [-0.25, -0.2) is 8.78 Å². The van der Waals surface area contributed by atoms with Crippen molar-refractivity contribution in [3.8, 4) is 0 Å². The summed E-state index contributed by atoms with van der Waals surface area (Å²) in [6.07, 6.45) is 3.16. The maximum Gasteiger partial charge on any atom is 0.260 e. The van der Waals surface area contributed by atoms with E-state index in [2.05, 4.69) is 0 Å². The normalized spacial score (nSPS) is 30.2. The Kier molecular flexibility index (Phi) is 1.94. The Labute approximate surface area is 93.6 Å². The lowest BCUT2D eigenvalue weighted by Crippen LogP contribution is -2.26. The van der Waals surface area contributed by atoms with Crippen LogP contribution < -0.4 is 5.73 Å². The molecule has 0 spiro atoms. The van der Waals surface area contributed by atoms with Crippen LogP contribution in [-0.4, -0.2) is 12.5 Å². The van der Waals surface area contributed by atoms with Gasteiger partial charge in [0.25, 0.3) is 5.92 Å². The molecular weight excluding hydrogens is 208 g/mol. The molecule has 1 saturated carbocycles.